The van der Waals surface area contributed by atoms with Gasteiger partial charge in [-0.3, -0.25) is 0 Å². The molecular weight excluding hydrogens is 184 g/mol. The van der Waals surface area contributed by atoms with Crippen LogP contribution in [0, 0.1) is 13.8 Å². The lowest BCUT2D eigenvalue weighted by molar-refractivity contribution is 0.820. The van der Waals surface area contributed by atoms with Crippen molar-refractivity contribution in [2.75, 3.05) is 0 Å². The SMILES string of the molecule is C/C=C(/CCCC)c1c(C)ncnc1C. The van der Waals surface area contributed by atoms with Crippen LogP contribution in [-0.4, -0.2) is 9.97 Å². The Morgan fingerprint density at radius 2 is 1.87 bits per heavy atom. The molecule has 0 N–H and O–H groups in total. The standard InChI is InChI=1S/C13H20N2/c1-5-7-8-12(6-2)13-10(3)14-9-15-11(13)4/h6,9H,5,7-8H2,1-4H3/b12-6-. The van der Waals surface area contributed by atoms with Crippen LogP contribution in [0.4, 0.5) is 0 Å². The minimum atomic E-state index is 1.09. The quantitative estimate of drug-likeness (QED) is 0.747. The van der Waals surface area contributed by atoms with Crippen molar-refractivity contribution >= 4 is 5.57 Å². The lowest BCUT2D eigenvalue weighted by Gasteiger charge is -2.11. The lowest BCUT2D eigenvalue weighted by Crippen LogP contribution is -1.98. The summed E-state index contributed by atoms with van der Waals surface area (Å²) in [5.41, 5.74) is 4.80. The third-order valence-corrected chi connectivity index (χ3v) is 2.70. The predicted molar refractivity (Wildman–Crippen MR) is 64.7 cm³/mol. The molecule has 15 heavy (non-hydrogen) atoms. The molecule has 0 atom stereocenters. The highest BCUT2D eigenvalue weighted by molar-refractivity contribution is 5.68. The highest BCUT2D eigenvalue weighted by atomic mass is 14.8. The largest absolute Gasteiger partial charge is 0.241 e. The zero-order chi connectivity index (χ0) is 11.3. The summed E-state index contributed by atoms with van der Waals surface area (Å²) in [5, 5.41) is 0. The first-order valence-corrected chi connectivity index (χ1v) is 5.64. The summed E-state index contributed by atoms with van der Waals surface area (Å²) >= 11 is 0. The maximum Gasteiger partial charge on any atom is 0.115 e. The molecular formula is C13H20N2. The number of nitrogens with zero attached hydrogens (tertiary/aromatic N) is 2. The smallest absolute Gasteiger partial charge is 0.115 e. The molecule has 0 aliphatic rings. The topological polar surface area (TPSA) is 25.8 Å². The van der Waals surface area contributed by atoms with Crippen molar-refractivity contribution < 1.29 is 0 Å². The molecule has 0 bridgehead atoms. The summed E-state index contributed by atoms with van der Waals surface area (Å²) in [6.45, 7) is 8.42. The molecule has 2 heteroatoms. The van der Waals surface area contributed by atoms with E-state index in [-0.39, 0.29) is 0 Å². The second-order valence-corrected chi connectivity index (χ2v) is 3.84. The Kier molecular flexibility index (Phi) is 4.47. The van der Waals surface area contributed by atoms with E-state index in [1.54, 1.807) is 6.33 Å². The van der Waals surface area contributed by atoms with E-state index in [2.05, 4.69) is 43.7 Å². The van der Waals surface area contributed by atoms with Crippen molar-refractivity contribution in [3.63, 3.8) is 0 Å². The first-order chi connectivity index (χ1) is 7.20. The predicted octanol–water partition coefficient (Wildman–Crippen LogP) is 3.69. The molecule has 82 valence electrons. The molecule has 0 radical (unpaired) electrons. The number of hydrogen-bond donors (Lipinski definition) is 0. The van der Waals surface area contributed by atoms with E-state index >= 15 is 0 Å². The van der Waals surface area contributed by atoms with Gasteiger partial charge in [-0.15, -0.1) is 0 Å². The summed E-state index contributed by atoms with van der Waals surface area (Å²) in [5.74, 6) is 0. The van der Waals surface area contributed by atoms with Gasteiger partial charge in [-0.25, -0.2) is 9.97 Å². The Labute approximate surface area is 92.5 Å². The monoisotopic (exact) mass is 204 g/mol. The van der Waals surface area contributed by atoms with Gasteiger partial charge in [0.25, 0.3) is 0 Å². The van der Waals surface area contributed by atoms with Crippen LogP contribution in [-0.2, 0) is 0 Å². The molecule has 2 nitrogen and oxygen atoms in total. The summed E-state index contributed by atoms with van der Waals surface area (Å²) < 4.78 is 0. The van der Waals surface area contributed by atoms with Crippen LogP contribution >= 0.6 is 0 Å². The fourth-order valence-electron chi connectivity index (χ4n) is 1.84. The molecule has 1 rings (SSSR count). The van der Waals surface area contributed by atoms with Crippen molar-refractivity contribution in [1.82, 2.24) is 9.97 Å². The van der Waals surface area contributed by atoms with Crippen molar-refractivity contribution in [2.24, 2.45) is 0 Å². The molecule has 0 saturated carbocycles. The van der Waals surface area contributed by atoms with Gasteiger partial charge in [0, 0.05) is 17.0 Å². The van der Waals surface area contributed by atoms with Crippen LogP contribution < -0.4 is 0 Å². The first-order valence-electron chi connectivity index (χ1n) is 5.64. The van der Waals surface area contributed by atoms with E-state index in [1.807, 2.05) is 0 Å². The number of unbranched alkanes of at least 4 members (excludes halogenated alkanes) is 1. The van der Waals surface area contributed by atoms with Crippen molar-refractivity contribution in [1.29, 1.82) is 0 Å². The third-order valence-electron chi connectivity index (χ3n) is 2.70. The average molecular weight is 204 g/mol. The van der Waals surface area contributed by atoms with Gasteiger partial charge in [-0.05, 0) is 39.2 Å². The van der Waals surface area contributed by atoms with E-state index in [0.29, 0.717) is 0 Å². The zero-order valence-electron chi connectivity index (χ0n) is 10.2. The molecule has 0 saturated heterocycles. The van der Waals surface area contributed by atoms with E-state index in [4.69, 9.17) is 0 Å². The van der Waals surface area contributed by atoms with E-state index in [0.717, 1.165) is 17.8 Å². The van der Waals surface area contributed by atoms with Crippen LogP contribution in [0.15, 0.2) is 12.4 Å². The van der Waals surface area contributed by atoms with Crippen LogP contribution in [0.25, 0.3) is 5.57 Å². The van der Waals surface area contributed by atoms with Gasteiger partial charge < -0.3 is 0 Å². The summed E-state index contributed by atoms with van der Waals surface area (Å²) in [7, 11) is 0. The van der Waals surface area contributed by atoms with Gasteiger partial charge in [0.1, 0.15) is 6.33 Å². The molecule has 0 fully saturated rings. The van der Waals surface area contributed by atoms with Crippen molar-refractivity contribution in [2.45, 2.75) is 47.0 Å². The Morgan fingerprint density at radius 3 is 2.33 bits per heavy atom. The highest BCUT2D eigenvalue weighted by Gasteiger charge is 2.08. The fourth-order valence-corrected chi connectivity index (χ4v) is 1.84. The number of aryl methyl sites for hydroxylation is 2. The van der Waals surface area contributed by atoms with Gasteiger partial charge in [0.15, 0.2) is 0 Å². The van der Waals surface area contributed by atoms with Crippen LogP contribution in [0.1, 0.15) is 50.1 Å². The van der Waals surface area contributed by atoms with Crippen LogP contribution in [0.5, 0.6) is 0 Å². The Morgan fingerprint density at radius 1 is 1.27 bits per heavy atom. The highest BCUT2D eigenvalue weighted by Crippen LogP contribution is 2.24. The average Bonchev–Trinajstić information content (AvgIpc) is 2.22. The van der Waals surface area contributed by atoms with Gasteiger partial charge in [-0.1, -0.05) is 19.4 Å². The lowest BCUT2D eigenvalue weighted by atomic mass is 9.98. The zero-order valence-corrected chi connectivity index (χ0v) is 10.2. The Balaban J connectivity index is 3.02. The number of allylic oxidation sites excluding steroid dienone is 2. The Hall–Kier alpha value is -1.18. The number of hydrogen-bond acceptors (Lipinski definition) is 2. The minimum absolute atomic E-state index is 1.09. The Bertz CT molecular complexity index is 333. The van der Waals surface area contributed by atoms with Gasteiger partial charge in [0.05, 0.1) is 0 Å². The molecule has 0 aliphatic heterocycles. The van der Waals surface area contributed by atoms with Gasteiger partial charge >= 0.3 is 0 Å². The second-order valence-electron chi connectivity index (χ2n) is 3.84. The first kappa shape index (κ1) is 11.9. The molecule has 0 aromatic carbocycles. The summed E-state index contributed by atoms with van der Waals surface area (Å²) in [6.07, 6.45) is 7.41. The molecule has 1 aromatic rings. The van der Waals surface area contributed by atoms with Crippen molar-refractivity contribution in [3.05, 3.63) is 29.4 Å². The number of rotatable bonds is 4. The minimum Gasteiger partial charge on any atom is -0.241 e. The maximum absolute atomic E-state index is 4.26. The third kappa shape index (κ3) is 2.88. The van der Waals surface area contributed by atoms with Crippen molar-refractivity contribution in [3.8, 4) is 0 Å². The van der Waals surface area contributed by atoms with Crippen LogP contribution in [0.2, 0.25) is 0 Å². The van der Waals surface area contributed by atoms with Gasteiger partial charge in [-0.2, -0.15) is 0 Å². The second kappa shape index (κ2) is 5.64. The summed E-state index contributed by atoms with van der Waals surface area (Å²) in [4.78, 5) is 8.53. The molecule has 0 spiro atoms. The molecule has 1 aromatic heterocycles. The van der Waals surface area contributed by atoms with Gasteiger partial charge in [0.2, 0.25) is 0 Å². The molecule has 0 amide bonds. The number of aromatic nitrogens is 2. The summed E-state index contributed by atoms with van der Waals surface area (Å²) in [6, 6.07) is 0. The molecule has 0 aliphatic carbocycles. The fraction of sp³-hybridized carbons (Fsp3) is 0.538. The van der Waals surface area contributed by atoms with E-state index in [1.165, 1.54) is 24.0 Å². The normalized spacial score (nSPS) is 11.9. The van der Waals surface area contributed by atoms with E-state index in [9.17, 15) is 0 Å². The molecule has 1 heterocycles. The maximum atomic E-state index is 4.26. The molecule has 0 unspecified atom stereocenters. The van der Waals surface area contributed by atoms with Crippen LogP contribution in [0.3, 0.4) is 0 Å². The van der Waals surface area contributed by atoms with E-state index < -0.39 is 0 Å².